The lowest BCUT2D eigenvalue weighted by Gasteiger charge is -2.29. The fourth-order valence-electron chi connectivity index (χ4n) is 7.88. The van der Waals surface area contributed by atoms with Crippen LogP contribution >= 0.6 is 0 Å². The van der Waals surface area contributed by atoms with Crippen molar-refractivity contribution in [3.05, 3.63) is 70.8 Å². The van der Waals surface area contributed by atoms with Crippen LogP contribution < -0.4 is 0 Å². The van der Waals surface area contributed by atoms with Crippen molar-refractivity contribution >= 4 is 5.78 Å². The average molecular weight is 571 g/mol. The summed E-state index contributed by atoms with van der Waals surface area (Å²) in [5.74, 6) is 3.84. The van der Waals surface area contributed by atoms with E-state index in [1.54, 1.807) is 11.1 Å². The van der Waals surface area contributed by atoms with Gasteiger partial charge in [0, 0.05) is 12.8 Å². The largest absolute Gasteiger partial charge is 0.300 e. The minimum Gasteiger partial charge on any atom is -0.300 e. The second kappa shape index (κ2) is 18.7. The van der Waals surface area contributed by atoms with Gasteiger partial charge in [-0.25, -0.2) is 0 Å². The Bertz CT molecular complexity index is 905. The number of hydrogen-bond donors (Lipinski definition) is 0. The fraction of sp³-hybridized carbons (Fsp3) is 0.683. The highest BCUT2D eigenvalue weighted by molar-refractivity contribution is 5.78. The van der Waals surface area contributed by atoms with Crippen LogP contribution in [0, 0.1) is 11.8 Å². The lowest BCUT2D eigenvalue weighted by Crippen LogP contribution is -2.13. The molecule has 2 aliphatic rings. The van der Waals surface area contributed by atoms with Crippen LogP contribution in [0.4, 0.5) is 0 Å². The van der Waals surface area contributed by atoms with Gasteiger partial charge in [-0.3, -0.25) is 4.79 Å². The third kappa shape index (κ3) is 11.3. The highest BCUT2D eigenvalue weighted by Crippen LogP contribution is 2.39. The summed E-state index contributed by atoms with van der Waals surface area (Å²) in [4.78, 5) is 12.5. The summed E-state index contributed by atoms with van der Waals surface area (Å²) in [6.45, 7) is 4.54. The van der Waals surface area contributed by atoms with Crippen molar-refractivity contribution in [3.8, 4) is 0 Å². The molecule has 0 spiro atoms. The van der Waals surface area contributed by atoms with E-state index in [1.165, 1.54) is 127 Å². The minimum absolute atomic E-state index is 0.521. The third-order valence-electron chi connectivity index (χ3n) is 10.9. The maximum Gasteiger partial charge on any atom is 0.132 e. The summed E-state index contributed by atoms with van der Waals surface area (Å²) in [6.07, 6.45) is 27.6. The molecule has 0 unspecified atom stereocenters. The lowest BCUT2D eigenvalue weighted by molar-refractivity contribution is -0.119. The summed E-state index contributed by atoms with van der Waals surface area (Å²) in [7, 11) is 0. The Balaban J connectivity index is 0.990. The zero-order valence-electron chi connectivity index (χ0n) is 27.4. The fourth-order valence-corrected chi connectivity index (χ4v) is 7.88. The van der Waals surface area contributed by atoms with Crippen molar-refractivity contribution in [1.82, 2.24) is 0 Å². The van der Waals surface area contributed by atoms with Crippen LogP contribution in [0.5, 0.6) is 0 Å². The molecule has 2 aromatic carbocycles. The third-order valence-corrected chi connectivity index (χ3v) is 10.9. The second-order valence-corrected chi connectivity index (χ2v) is 14.2. The number of benzene rings is 2. The first-order chi connectivity index (χ1) is 20.6. The zero-order valence-corrected chi connectivity index (χ0v) is 27.4. The molecule has 42 heavy (non-hydrogen) atoms. The SMILES string of the molecule is CCCCc1ccc(C2CCC(CCCCC(=O)CCCCC3CCC(c4ccc(CCCC)cc4)CC3)CC2)cc1. The van der Waals surface area contributed by atoms with Gasteiger partial charge in [0.25, 0.3) is 0 Å². The molecule has 0 heterocycles. The Morgan fingerprint density at radius 1 is 0.524 bits per heavy atom. The molecule has 1 nitrogen and oxygen atoms in total. The summed E-state index contributed by atoms with van der Waals surface area (Å²) >= 11 is 0. The molecule has 2 aromatic rings. The highest BCUT2D eigenvalue weighted by Gasteiger charge is 2.23. The molecule has 232 valence electrons. The second-order valence-electron chi connectivity index (χ2n) is 14.2. The maximum atomic E-state index is 12.5. The number of carbonyl (C=O) groups excluding carboxylic acids is 1. The van der Waals surface area contributed by atoms with Gasteiger partial charge in [0.15, 0.2) is 0 Å². The minimum atomic E-state index is 0.521. The molecule has 0 atom stereocenters. The lowest BCUT2D eigenvalue weighted by atomic mass is 9.76. The van der Waals surface area contributed by atoms with Gasteiger partial charge in [-0.05, 0) is 136 Å². The molecule has 0 radical (unpaired) electrons. The molecular weight excluding hydrogens is 508 g/mol. The van der Waals surface area contributed by atoms with E-state index in [2.05, 4.69) is 62.4 Å². The average Bonchev–Trinajstić information content (AvgIpc) is 3.04. The predicted octanol–water partition coefficient (Wildman–Crippen LogP) is 12.3. The van der Waals surface area contributed by atoms with Gasteiger partial charge in [0.2, 0.25) is 0 Å². The van der Waals surface area contributed by atoms with Crippen LogP contribution in [-0.2, 0) is 17.6 Å². The van der Waals surface area contributed by atoms with E-state index < -0.39 is 0 Å². The molecule has 2 saturated carbocycles. The normalized spacial score (nSPS) is 22.7. The smallest absolute Gasteiger partial charge is 0.132 e. The van der Waals surface area contributed by atoms with E-state index in [9.17, 15) is 4.79 Å². The van der Waals surface area contributed by atoms with E-state index in [-0.39, 0.29) is 0 Å². The van der Waals surface area contributed by atoms with Gasteiger partial charge >= 0.3 is 0 Å². The number of unbranched alkanes of at least 4 members (excludes halogenated alkanes) is 4. The molecule has 0 aliphatic heterocycles. The van der Waals surface area contributed by atoms with Crippen LogP contribution in [0.3, 0.4) is 0 Å². The molecule has 0 amide bonds. The van der Waals surface area contributed by atoms with Crippen molar-refractivity contribution in [1.29, 1.82) is 0 Å². The van der Waals surface area contributed by atoms with E-state index in [4.69, 9.17) is 0 Å². The van der Waals surface area contributed by atoms with Crippen molar-refractivity contribution in [2.75, 3.05) is 0 Å². The van der Waals surface area contributed by atoms with Crippen LogP contribution in [-0.4, -0.2) is 5.78 Å². The first kappa shape index (κ1) is 33.0. The van der Waals surface area contributed by atoms with Gasteiger partial charge < -0.3 is 0 Å². The van der Waals surface area contributed by atoms with Gasteiger partial charge in [0.1, 0.15) is 5.78 Å². The molecule has 0 saturated heterocycles. The Hall–Kier alpha value is -1.89. The van der Waals surface area contributed by atoms with Crippen LogP contribution in [0.1, 0.15) is 176 Å². The van der Waals surface area contributed by atoms with E-state index in [0.717, 1.165) is 49.4 Å². The first-order valence-electron chi connectivity index (χ1n) is 18.3. The highest BCUT2D eigenvalue weighted by atomic mass is 16.1. The number of ketones is 1. The number of carbonyl (C=O) groups is 1. The Labute approximate surface area is 259 Å². The van der Waals surface area contributed by atoms with Crippen LogP contribution in [0.15, 0.2) is 48.5 Å². The standard InChI is InChI=1S/C41H62O/c1-3-5-11-33-17-25-37(26-18-33)39-29-21-35(22-30-39)13-7-9-15-41(42)16-10-8-14-36-23-31-40(32-24-36)38-27-19-34(20-28-38)12-6-4-2/h17-20,25-28,35-36,39-40H,3-16,21-24,29-32H2,1-2H3. The molecule has 2 aliphatic carbocycles. The van der Waals surface area contributed by atoms with Gasteiger partial charge in [-0.1, -0.05) is 101 Å². The summed E-state index contributed by atoms with van der Waals surface area (Å²) in [5.41, 5.74) is 6.13. The van der Waals surface area contributed by atoms with Crippen molar-refractivity contribution in [3.63, 3.8) is 0 Å². The molecule has 4 rings (SSSR count). The van der Waals surface area contributed by atoms with E-state index >= 15 is 0 Å². The van der Waals surface area contributed by atoms with Gasteiger partial charge in [0.05, 0.1) is 0 Å². The Morgan fingerprint density at radius 2 is 0.905 bits per heavy atom. The Morgan fingerprint density at radius 3 is 1.26 bits per heavy atom. The first-order valence-corrected chi connectivity index (χ1v) is 18.3. The van der Waals surface area contributed by atoms with Crippen molar-refractivity contribution in [2.45, 2.75) is 167 Å². The zero-order chi connectivity index (χ0) is 29.4. The molecule has 0 bridgehead atoms. The summed E-state index contributed by atoms with van der Waals surface area (Å²) < 4.78 is 0. The predicted molar refractivity (Wildman–Crippen MR) is 181 cm³/mol. The topological polar surface area (TPSA) is 17.1 Å². The van der Waals surface area contributed by atoms with E-state index in [0.29, 0.717) is 5.78 Å². The number of aryl methyl sites for hydroxylation is 2. The van der Waals surface area contributed by atoms with Crippen molar-refractivity contribution in [2.24, 2.45) is 11.8 Å². The monoisotopic (exact) mass is 570 g/mol. The molecular formula is C41H62O. The summed E-state index contributed by atoms with van der Waals surface area (Å²) in [5, 5.41) is 0. The van der Waals surface area contributed by atoms with E-state index in [1.807, 2.05) is 0 Å². The van der Waals surface area contributed by atoms with Crippen LogP contribution in [0.2, 0.25) is 0 Å². The van der Waals surface area contributed by atoms with Crippen LogP contribution in [0.25, 0.3) is 0 Å². The summed E-state index contributed by atoms with van der Waals surface area (Å²) in [6, 6.07) is 19.1. The molecule has 0 aromatic heterocycles. The number of hydrogen-bond acceptors (Lipinski definition) is 1. The number of Topliss-reactive ketones (excluding diaryl/α,β-unsaturated/α-hetero) is 1. The van der Waals surface area contributed by atoms with Gasteiger partial charge in [-0.15, -0.1) is 0 Å². The van der Waals surface area contributed by atoms with Gasteiger partial charge in [-0.2, -0.15) is 0 Å². The molecule has 1 heteroatoms. The molecule has 0 N–H and O–H groups in total. The quantitative estimate of drug-likeness (QED) is 0.163. The van der Waals surface area contributed by atoms with Crippen molar-refractivity contribution < 1.29 is 4.79 Å². The maximum absolute atomic E-state index is 12.5. The molecule has 2 fully saturated rings. The number of rotatable bonds is 18. The Kier molecular flexibility index (Phi) is 14.7.